The molecule has 4 heavy (non-hydrogen) atoms. The fourth-order valence-corrected chi connectivity index (χ4v) is 0. The van der Waals surface area contributed by atoms with Gasteiger partial charge in [0, 0.05) is 0 Å². The summed E-state index contributed by atoms with van der Waals surface area (Å²) in [6.07, 6.45) is 0. The summed E-state index contributed by atoms with van der Waals surface area (Å²) in [5.74, 6) is 0. The first-order chi connectivity index (χ1) is 1.00. The molecule has 0 N–H and O–H groups in total. The zero-order valence-electron chi connectivity index (χ0n) is 2.72. The third kappa shape index (κ3) is 9.25. The van der Waals surface area contributed by atoms with Gasteiger partial charge in [0.05, 0.1) is 0 Å². The fraction of sp³-hybridized carbons (Fsp3) is 0. The van der Waals surface area contributed by atoms with Crippen LogP contribution in [0, 0.1) is 0 Å². The Morgan fingerprint density at radius 1 is 1.50 bits per heavy atom. The Morgan fingerprint density at radius 3 is 1.50 bits per heavy atom. The average Bonchev–Trinajstić information content (AvgIpc) is 1.00. The Kier molecular flexibility index (Phi) is 93.0. The molecule has 0 bridgehead atoms. The van der Waals surface area contributed by atoms with Crippen molar-refractivity contribution in [3.8, 4) is 0 Å². The molecule has 0 rings (SSSR count). The molecule has 24 valence electrons. The van der Waals surface area contributed by atoms with E-state index in [4.69, 9.17) is 3.90 Å². The summed E-state index contributed by atoms with van der Waals surface area (Å²) < 4.78 is 7.88. The van der Waals surface area contributed by atoms with E-state index in [0.717, 1.165) is 0 Å². The molecule has 0 spiro atoms. The first kappa shape index (κ1) is 17.1. The van der Waals surface area contributed by atoms with Gasteiger partial charge < -0.3 is 1.43 Å². The molecule has 4 heteroatoms. The van der Waals surface area contributed by atoms with Gasteiger partial charge in [-0.3, -0.25) is 0 Å². The standard InChI is InChI=1S/In.Li.Ni.O.4H/q;+1;;;;;;-1. The molecule has 0 aromatic rings. The first-order valence-corrected chi connectivity index (χ1v) is 0.532. The van der Waals surface area contributed by atoms with Crippen molar-refractivity contribution in [2.24, 2.45) is 0 Å². The second kappa shape index (κ2) is 21.7. The van der Waals surface area contributed by atoms with Crippen molar-refractivity contribution in [3.05, 3.63) is 0 Å². The summed E-state index contributed by atoms with van der Waals surface area (Å²) in [5.41, 5.74) is 0. The Morgan fingerprint density at radius 2 is 1.50 bits per heavy atom. The molecule has 0 saturated heterocycles. The fourth-order valence-electron chi connectivity index (χ4n) is 0. The number of hydrogen-bond acceptors (Lipinski definition) is 1. The third-order valence-corrected chi connectivity index (χ3v) is 0. The zero-order chi connectivity index (χ0) is 2.00. The van der Waals surface area contributed by atoms with E-state index in [9.17, 15) is 0 Å². The predicted octanol–water partition coefficient (Wildman–Crippen LogP) is -4.19. The van der Waals surface area contributed by atoms with Gasteiger partial charge in [-0.1, -0.05) is 0 Å². The van der Waals surface area contributed by atoms with Gasteiger partial charge in [-0.05, 0) is 0 Å². The molecule has 0 heterocycles. The van der Waals surface area contributed by atoms with Crippen LogP contribution in [0.4, 0.5) is 0 Å². The summed E-state index contributed by atoms with van der Waals surface area (Å²) in [4.78, 5) is 0. The second-order valence-corrected chi connectivity index (χ2v) is 0. The summed E-state index contributed by atoms with van der Waals surface area (Å²) in [5, 5.41) is 0. The van der Waals surface area contributed by atoms with Crippen molar-refractivity contribution in [2.75, 3.05) is 0 Å². The summed E-state index contributed by atoms with van der Waals surface area (Å²) in [6.45, 7) is 0. The van der Waals surface area contributed by atoms with Crippen LogP contribution in [0.25, 0.3) is 0 Å². The van der Waals surface area contributed by atoms with Crippen LogP contribution in [-0.2, 0) is 19.3 Å². The van der Waals surface area contributed by atoms with Gasteiger partial charge in [-0.25, -0.2) is 0 Å². The molecule has 0 amide bonds. The molecule has 0 fully saturated rings. The van der Waals surface area contributed by atoms with E-state index in [1.165, 1.54) is 0 Å². The van der Waals surface area contributed by atoms with Crippen LogP contribution >= 0.6 is 0 Å². The average molecular weight is 200 g/mol. The predicted molar refractivity (Wildman–Crippen MR) is 11.7 cm³/mol. The molecule has 0 aliphatic heterocycles. The molecule has 0 aliphatic rings. The van der Waals surface area contributed by atoms with Crippen LogP contribution < -0.4 is 18.9 Å². The molecule has 0 aromatic carbocycles. The maximum atomic E-state index is 7.88. The maximum absolute atomic E-state index is 7.88. The van der Waals surface area contributed by atoms with Gasteiger partial charge >= 0.3 is 64.0 Å². The van der Waals surface area contributed by atoms with Crippen LogP contribution in [0.3, 0.4) is 0 Å². The van der Waals surface area contributed by atoms with E-state index in [0.29, 0.717) is 0 Å². The molecule has 0 aromatic heterocycles. The van der Waals surface area contributed by atoms with Crippen molar-refractivity contribution in [3.63, 3.8) is 0 Å². The Balaban J connectivity index is -0.00000000167. The van der Waals surface area contributed by atoms with Gasteiger partial charge in [0.2, 0.25) is 0 Å². The van der Waals surface area contributed by atoms with Crippen LogP contribution in [-0.4, -0.2) is 25.8 Å². The number of hydrogen-bond donors (Lipinski definition) is 0. The van der Waals surface area contributed by atoms with Gasteiger partial charge in [0.25, 0.3) is 0 Å². The van der Waals surface area contributed by atoms with E-state index in [2.05, 4.69) is 15.4 Å². The van der Waals surface area contributed by atoms with Crippen molar-refractivity contribution in [1.29, 1.82) is 0 Å². The molecule has 0 saturated carbocycles. The molecule has 0 aliphatic carbocycles. The summed E-state index contributed by atoms with van der Waals surface area (Å²) >= 11 is 2.62. The molecular formula is H4InLiNiO. The SMILES string of the molecule is [H-].[InH3].[Li+].[O]=[Ni]. The zero-order valence-corrected chi connectivity index (χ0v) is 2.71. The van der Waals surface area contributed by atoms with Crippen LogP contribution in [0.2, 0.25) is 0 Å². The van der Waals surface area contributed by atoms with E-state index in [1.807, 2.05) is 0 Å². The van der Waals surface area contributed by atoms with E-state index < -0.39 is 0 Å². The van der Waals surface area contributed by atoms with Crippen molar-refractivity contribution in [2.45, 2.75) is 0 Å². The van der Waals surface area contributed by atoms with Crippen molar-refractivity contribution >= 4 is 25.8 Å². The van der Waals surface area contributed by atoms with Crippen molar-refractivity contribution in [1.82, 2.24) is 0 Å². The molecular weight excluding hydrogens is 196 g/mol. The van der Waals surface area contributed by atoms with Crippen LogP contribution in [0.15, 0.2) is 0 Å². The summed E-state index contributed by atoms with van der Waals surface area (Å²) in [6, 6.07) is 0. The third-order valence-electron chi connectivity index (χ3n) is 0. The Hall–Kier alpha value is 1.76. The minimum absolute atomic E-state index is 0. The van der Waals surface area contributed by atoms with Gasteiger partial charge in [-0.15, -0.1) is 0 Å². The topological polar surface area (TPSA) is 17.1 Å². The Bertz CT molecular complexity index is 11.6. The van der Waals surface area contributed by atoms with Crippen LogP contribution in [0.1, 0.15) is 1.43 Å². The molecule has 0 unspecified atom stereocenters. The van der Waals surface area contributed by atoms with Gasteiger partial charge in [0.15, 0.2) is 0 Å². The molecule has 1 nitrogen and oxygen atoms in total. The quantitative estimate of drug-likeness (QED) is 0.363. The second-order valence-electron chi connectivity index (χ2n) is 0. The van der Waals surface area contributed by atoms with Gasteiger partial charge in [-0.2, -0.15) is 0 Å². The minimum atomic E-state index is 0. The van der Waals surface area contributed by atoms with Crippen LogP contribution in [0.5, 0.6) is 0 Å². The Labute approximate surface area is 64.9 Å². The molecule has 0 atom stereocenters. The monoisotopic (exact) mass is 200 g/mol. The van der Waals surface area contributed by atoms with E-state index in [1.54, 1.807) is 0 Å². The van der Waals surface area contributed by atoms with E-state index >= 15 is 0 Å². The normalized spacial score (nSPS) is 1.50. The first-order valence-electron chi connectivity index (χ1n) is 0.129. The number of rotatable bonds is 0. The van der Waals surface area contributed by atoms with Gasteiger partial charge in [0.1, 0.15) is 0 Å². The summed E-state index contributed by atoms with van der Waals surface area (Å²) in [7, 11) is 0. The van der Waals surface area contributed by atoms with E-state index in [-0.39, 0.29) is 46.1 Å². The van der Waals surface area contributed by atoms with Crippen molar-refractivity contribution < 1.29 is 39.6 Å². The molecule has 0 radical (unpaired) electrons.